The van der Waals surface area contributed by atoms with Crippen molar-refractivity contribution in [3.63, 3.8) is 0 Å². The largest absolute Gasteiger partial charge is 0.372 e. The summed E-state index contributed by atoms with van der Waals surface area (Å²) in [6, 6.07) is 9.95. The Morgan fingerprint density at radius 1 is 1.17 bits per heavy atom. The van der Waals surface area contributed by atoms with Gasteiger partial charge in [0.05, 0.1) is 35.2 Å². The Bertz CT molecular complexity index is 1110. The van der Waals surface area contributed by atoms with Crippen molar-refractivity contribution in [2.45, 2.75) is 31.9 Å². The molecule has 4 heterocycles. The summed E-state index contributed by atoms with van der Waals surface area (Å²) in [7, 11) is 0. The summed E-state index contributed by atoms with van der Waals surface area (Å²) < 4.78 is 5.69. The van der Waals surface area contributed by atoms with E-state index in [0.29, 0.717) is 17.6 Å². The smallest absolute Gasteiger partial charge is 0.225 e. The summed E-state index contributed by atoms with van der Waals surface area (Å²) in [4.78, 5) is 16.3. The SMILES string of the molecule is CC(Nc1nccc(Nc2cc(C3CCCO3)[nH]n2)n1)c1ccc2nc[nH]c2c1. The van der Waals surface area contributed by atoms with Crippen LogP contribution in [-0.2, 0) is 4.74 Å². The standard InChI is InChI=1S/C20H22N8O/c1-12(13-4-5-14-15(9-13)23-11-22-14)24-20-21-7-6-18(26-20)25-19-10-16(27-28-19)17-3-2-8-29-17/h4-7,9-12,17H,2-3,8H2,1H3,(H,22,23)(H3,21,24,25,26,27,28). The first-order valence-corrected chi connectivity index (χ1v) is 9.71. The molecule has 29 heavy (non-hydrogen) atoms. The number of aromatic amines is 2. The van der Waals surface area contributed by atoms with Crippen LogP contribution in [-0.4, -0.2) is 36.7 Å². The van der Waals surface area contributed by atoms with Crippen LogP contribution in [0.15, 0.2) is 42.9 Å². The average Bonchev–Trinajstić information content (AvgIpc) is 3.48. The van der Waals surface area contributed by atoms with Crippen molar-refractivity contribution in [3.8, 4) is 0 Å². The molecule has 0 bridgehead atoms. The first-order chi connectivity index (χ1) is 14.2. The van der Waals surface area contributed by atoms with Gasteiger partial charge >= 0.3 is 0 Å². The van der Waals surface area contributed by atoms with Crippen LogP contribution in [0.2, 0.25) is 0 Å². The van der Waals surface area contributed by atoms with Gasteiger partial charge in [0.1, 0.15) is 5.82 Å². The highest BCUT2D eigenvalue weighted by molar-refractivity contribution is 5.75. The van der Waals surface area contributed by atoms with Crippen molar-refractivity contribution in [1.82, 2.24) is 30.1 Å². The van der Waals surface area contributed by atoms with Gasteiger partial charge in [-0.2, -0.15) is 10.1 Å². The number of H-pyrrole nitrogens is 2. The van der Waals surface area contributed by atoms with E-state index in [9.17, 15) is 0 Å². The molecule has 1 fully saturated rings. The van der Waals surface area contributed by atoms with Crippen molar-refractivity contribution < 1.29 is 4.74 Å². The summed E-state index contributed by atoms with van der Waals surface area (Å²) >= 11 is 0. The summed E-state index contributed by atoms with van der Waals surface area (Å²) in [5.41, 5.74) is 4.07. The van der Waals surface area contributed by atoms with E-state index in [2.05, 4.69) is 59.8 Å². The Morgan fingerprint density at radius 3 is 3.03 bits per heavy atom. The number of ether oxygens (including phenoxy) is 1. The van der Waals surface area contributed by atoms with Crippen LogP contribution in [0.25, 0.3) is 11.0 Å². The fourth-order valence-electron chi connectivity index (χ4n) is 3.52. The summed E-state index contributed by atoms with van der Waals surface area (Å²) in [5, 5.41) is 13.9. The molecule has 1 aliphatic rings. The van der Waals surface area contributed by atoms with Gasteiger partial charge in [0.2, 0.25) is 5.95 Å². The molecule has 3 aromatic heterocycles. The van der Waals surface area contributed by atoms with E-state index in [-0.39, 0.29) is 12.1 Å². The topological polar surface area (TPSA) is 116 Å². The van der Waals surface area contributed by atoms with Crippen molar-refractivity contribution in [2.24, 2.45) is 0 Å². The molecular formula is C20H22N8O. The predicted octanol–water partition coefficient (Wildman–Crippen LogP) is 3.84. The highest BCUT2D eigenvalue weighted by Crippen LogP contribution is 2.29. The second kappa shape index (κ2) is 7.51. The lowest BCUT2D eigenvalue weighted by molar-refractivity contribution is 0.108. The summed E-state index contributed by atoms with van der Waals surface area (Å²) in [6.45, 7) is 2.88. The van der Waals surface area contributed by atoms with Gasteiger partial charge in [-0.1, -0.05) is 6.07 Å². The number of nitrogens with one attached hydrogen (secondary N) is 4. The molecule has 2 atom stereocenters. The number of hydrogen-bond donors (Lipinski definition) is 4. The van der Waals surface area contributed by atoms with E-state index in [1.165, 1.54) is 0 Å². The second-order valence-electron chi connectivity index (χ2n) is 7.15. The van der Waals surface area contributed by atoms with Gasteiger partial charge in [-0.15, -0.1) is 0 Å². The average molecular weight is 390 g/mol. The molecule has 2 unspecified atom stereocenters. The third kappa shape index (κ3) is 3.77. The number of benzene rings is 1. The normalized spacial score (nSPS) is 17.5. The number of rotatable bonds is 6. The number of nitrogens with zero attached hydrogens (tertiary/aromatic N) is 4. The minimum atomic E-state index is 0.0365. The fraction of sp³-hybridized carbons (Fsp3) is 0.300. The Labute approximate surface area is 167 Å². The zero-order valence-electron chi connectivity index (χ0n) is 16.0. The van der Waals surface area contributed by atoms with E-state index in [4.69, 9.17) is 4.74 Å². The Hall–Kier alpha value is -3.46. The highest BCUT2D eigenvalue weighted by Gasteiger charge is 2.20. The van der Waals surface area contributed by atoms with Crippen LogP contribution >= 0.6 is 0 Å². The molecule has 1 aliphatic heterocycles. The molecule has 1 saturated heterocycles. The van der Waals surface area contributed by atoms with Crippen molar-refractivity contribution >= 4 is 28.6 Å². The summed E-state index contributed by atoms with van der Waals surface area (Å²) in [5.74, 6) is 1.92. The van der Waals surface area contributed by atoms with Gasteiger partial charge in [-0.05, 0) is 43.5 Å². The van der Waals surface area contributed by atoms with Gasteiger partial charge in [-0.3, -0.25) is 5.10 Å². The quantitative estimate of drug-likeness (QED) is 0.395. The fourth-order valence-corrected chi connectivity index (χ4v) is 3.52. The van der Waals surface area contributed by atoms with Crippen LogP contribution in [0.1, 0.15) is 43.2 Å². The predicted molar refractivity (Wildman–Crippen MR) is 110 cm³/mol. The molecule has 148 valence electrons. The lowest BCUT2D eigenvalue weighted by atomic mass is 10.1. The maximum Gasteiger partial charge on any atom is 0.225 e. The van der Waals surface area contributed by atoms with Gasteiger partial charge < -0.3 is 20.4 Å². The van der Waals surface area contributed by atoms with Gasteiger partial charge in [0.15, 0.2) is 5.82 Å². The molecule has 4 aromatic rings. The van der Waals surface area contributed by atoms with Gasteiger partial charge in [-0.25, -0.2) is 9.97 Å². The van der Waals surface area contributed by atoms with E-state index >= 15 is 0 Å². The van der Waals surface area contributed by atoms with Crippen molar-refractivity contribution in [3.05, 3.63) is 54.1 Å². The minimum Gasteiger partial charge on any atom is -0.372 e. The monoisotopic (exact) mass is 390 g/mol. The number of aromatic nitrogens is 6. The van der Waals surface area contributed by atoms with Crippen LogP contribution < -0.4 is 10.6 Å². The molecule has 9 nitrogen and oxygen atoms in total. The number of anilines is 3. The van der Waals surface area contributed by atoms with Gasteiger partial charge in [0.25, 0.3) is 0 Å². The Kier molecular flexibility index (Phi) is 4.57. The Morgan fingerprint density at radius 2 is 2.14 bits per heavy atom. The van der Waals surface area contributed by atoms with Gasteiger partial charge in [0, 0.05) is 18.9 Å². The molecule has 0 aliphatic carbocycles. The van der Waals surface area contributed by atoms with Crippen LogP contribution in [0, 0.1) is 0 Å². The van der Waals surface area contributed by atoms with E-state index in [0.717, 1.165) is 41.7 Å². The molecule has 5 rings (SSSR count). The minimum absolute atomic E-state index is 0.0365. The molecule has 1 aromatic carbocycles. The number of hydrogen-bond acceptors (Lipinski definition) is 7. The number of fused-ring (bicyclic) bond motifs is 1. The molecule has 0 amide bonds. The molecule has 9 heteroatoms. The zero-order chi connectivity index (χ0) is 19.6. The highest BCUT2D eigenvalue weighted by atomic mass is 16.5. The van der Waals surface area contributed by atoms with Crippen LogP contribution in [0.4, 0.5) is 17.6 Å². The van der Waals surface area contributed by atoms with E-state index in [1.807, 2.05) is 18.2 Å². The first kappa shape index (κ1) is 17.6. The zero-order valence-corrected chi connectivity index (χ0v) is 16.0. The van der Waals surface area contributed by atoms with Crippen LogP contribution in [0.3, 0.4) is 0 Å². The third-order valence-corrected chi connectivity index (χ3v) is 5.08. The maximum atomic E-state index is 5.69. The molecule has 0 radical (unpaired) electrons. The lowest BCUT2D eigenvalue weighted by Gasteiger charge is -2.14. The van der Waals surface area contributed by atoms with Crippen molar-refractivity contribution in [2.75, 3.05) is 17.2 Å². The van der Waals surface area contributed by atoms with E-state index < -0.39 is 0 Å². The lowest BCUT2D eigenvalue weighted by Crippen LogP contribution is -2.10. The second-order valence-corrected chi connectivity index (χ2v) is 7.15. The first-order valence-electron chi connectivity index (χ1n) is 9.71. The Balaban J connectivity index is 1.28. The molecular weight excluding hydrogens is 368 g/mol. The summed E-state index contributed by atoms with van der Waals surface area (Å²) in [6.07, 6.45) is 5.62. The molecule has 0 saturated carbocycles. The van der Waals surface area contributed by atoms with Crippen LogP contribution in [0.5, 0.6) is 0 Å². The molecule has 4 N–H and O–H groups in total. The van der Waals surface area contributed by atoms with E-state index in [1.54, 1.807) is 12.5 Å². The third-order valence-electron chi connectivity index (χ3n) is 5.08. The maximum absolute atomic E-state index is 5.69. The van der Waals surface area contributed by atoms with Crippen molar-refractivity contribution in [1.29, 1.82) is 0 Å². The number of imidazole rings is 1. The molecule has 0 spiro atoms.